The number of hydrogen-bond donors (Lipinski definition) is 2. The maximum atomic E-state index is 13.6. The van der Waals surface area contributed by atoms with Crippen molar-refractivity contribution < 1.29 is 14.4 Å². The van der Waals surface area contributed by atoms with Crippen molar-refractivity contribution in [1.82, 2.24) is 34.0 Å². The summed E-state index contributed by atoms with van der Waals surface area (Å²) < 4.78 is 4.82. The minimum atomic E-state index is -0.747. The molecular weight excluding hydrogens is 706 g/mol. The fourth-order valence-electron chi connectivity index (χ4n) is 7.63. The molecule has 0 saturated carbocycles. The molecule has 14 nitrogen and oxygen atoms in total. The van der Waals surface area contributed by atoms with Gasteiger partial charge < -0.3 is 20.0 Å². The molecule has 0 bridgehead atoms. The summed E-state index contributed by atoms with van der Waals surface area (Å²) in [5.74, 6) is -0.555. The van der Waals surface area contributed by atoms with Gasteiger partial charge in [-0.05, 0) is 71.6 Å². The molecule has 3 unspecified atom stereocenters. The number of carbonyl (C=O) groups excluding carboxylic acids is 3. The summed E-state index contributed by atoms with van der Waals surface area (Å²) in [5, 5.41) is 10.0. The lowest BCUT2D eigenvalue weighted by Crippen LogP contribution is -2.49. The lowest BCUT2D eigenvalue weighted by Gasteiger charge is -2.37. The Labute approximate surface area is 296 Å². The average molecular weight is 747 g/mol. The van der Waals surface area contributed by atoms with E-state index in [1.807, 2.05) is 35.2 Å². The van der Waals surface area contributed by atoms with Gasteiger partial charge in [0.05, 0.1) is 28.6 Å². The number of piperidine rings is 2. The number of nitrogens with one attached hydrogen (secondary N) is 2. The van der Waals surface area contributed by atoms with Gasteiger partial charge in [0.2, 0.25) is 11.8 Å². The predicted octanol–water partition coefficient (Wildman–Crippen LogP) is 2.04. The van der Waals surface area contributed by atoms with Gasteiger partial charge in [-0.1, -0.05) is 18.2 Å². The van der Waals surface area contributed by atoms with Gasteiger partial charge in [0, 0.05) is 71.4 Å². The van der Waals surface area contributed by atoms with Crippen LogP contribution in [0.5, 0.6) is 0 Å². The number of hydrogen-bond acceptors (Lipinski definition) is 9. The number of para-hydroxylation sites is 1. The number of imidazole rings is 1. The highest BCUT2D eigenvalue weighted by molar-refractivity contribution is 9.10. The quantitative estimate of drug-likeness (QED) is 0.283. The highest BCUT2D eigenvalue weighted by atomic mass is 79.9. The molecule has 5 heterocycles. The Hall–Kier alpha value is -4.76. The van der Waals surface area contributed by atoms with E-state index in [-0.39, 0.29) is 47.9 Å². The van der Waals surface area contributed by atoms with Crippen LogP contribution in [0.4, 0.5) is 11.4 Å². The van der Waals surface area contributed by atoms with Crippen LogP contribution in [0.3, 0.4) is 0 Å². The third-order valence-corrected chi connectivity index (χ3v) is 11.0. The zero-order chi connectivity index (χ0) is 35.3. The number of benzene rings is 2. The minimum Gasteiger partial charge on any atom is -0.379 e. The van der Waals surface area contributed by atoms with E-state index in [0.29, 0.717) is 47.4 Å². The molecule has 3 atom stereocenters. The number of aryl methyl sites for hydroxylation is 2. The van der Waals surface area contributed by atoms with E-state index < -0.39 is 11.9 Å². The second-order valence-corrected chi connectivity index (χ2v) is 14.3. The normalized spacial score (nSPS) is 21.8. The second-order valence-electron chi connectivity index (χ2n) is 13.5. The van der Waals surface area contributed by atoms with Crippen LogP contribution in [0.1, 0.15) is 47.1 Å². The molecule has 3 saturated heterocycles. The minimum absolute atomic E-state index is 0.0193. The lowest BCUT2D eigenvalue weighted by atomic mass is 9.87. The number of fused-ring (bicyclic) bond motifs is 1. The third-order valence-electron chi connectivity index (χ3n) is 10.2. The molecule has 15 heteroatoms. The summed E-state index contributed by atoms with van der Waals surface area (Å²) in [5.41, 5.74) is 4.22. The number of rotatable bonds is 6. The Morgan fingerprint density at radius 1 is 0.960 bits per heavy atom. The number of likely N-dealkylation sites (tertiary alicyclic amines) is 1. The van der Waals surface area contributed by atoms with Gasteiger partial charge in [-0.25, -0.2) is 9.48 Å². The Morgan fingerprint density at radius 2 is 1.70 bits per heavy atom. The molecule has 2 aromatic carbocycles. The van der Waals surface area contributed by atoms with Crippen molar-refractivity contribution in [2.45, 2.75) is 37.3 Å². The number of aromatic nitrogens is 4. The van der Waals surface area contributed by atoms with Gasteiger partial charge in [-0.3, -0.25) is 33.6 Å². The second kappa shape index (κ2) is 13.5. The van der Waals surface area contributed by atoms with Crippen molar-refractivity contribution in [3.05, 3.63) is 85.1 Å². The standard InChI is InChI=1S/C35H40BrN9O5/c1-40-19-23(17-24(20-40)38-25-18-37-42(3)34(49)30(25)36)21-7-9-22(10-8-21)33(48)44-15-13-43(14-16-44)26-5-4-6-27-31(26)41(2)35(50)45(27)28-11-12-29(46)39-32(28)47/h4-10,18,23-24,28,38H,11-17,19-20H2,1-3H3,(H,39,46,47). The van der Waals surface area contributed by atoms with Crippen molar-refractivity contribution in [3.8, 4) is 0 Å². The van der Waals surface area contributed by atoms with Crippen LogP contribution >= 0.6 is 15.9 Å². The molecule has 0 radical (unpaired) electrons. The van der Waals surface area contributed by atoms with Crippen LogP contribution in [0.2, 0.25) is 0 Å². The lowest BCUT2D eigenvalue weighted by molar-refractivity contribution is -0.135. The van der Waals surface area contributed by atoms with Gasteiger partial charge in [0.15, 0.2) is 0 Å². The summed E-state index contributed by atoms with van der Waals surface area (Å²) in [6, 6.07) is 13.0. The zero-order valence-electron chi connectivity index (χ0n) is 28.3. The smallest absolute Gasteiger partial charge is 0.329 e. The van der Waals surface area contributed by atoms with E-state index in [4.69, 9.17) is 0 Å². The van der Waals surface area contributed by atoms with Crippen molar-refractivity contribution >= 4 is 56.1 Å². The number of imide groups is 1. The van der Waals surface area contributed by atoms with Crippen LogP contribution in [0, 0.1) is 0 Å². The van der Waals surface area contributed by atoms with E-state index in [0.717, 1.165) is 36.3 Å². The number of halogens is 1. The summed E-state index contributed by atoms with van der Waals surface area (Å²) in [6.07, 6.45) is 3.00. The molecule has 2 aromatic heterocycles. The zero-order valence-corrected chi connectivity index (χ0v) is 29.9. The maximum absolute atomic E-state index is 13.6. The van der Waals surface area contributed by atoms with E-state index in [2.05, 4.69) is 60.6 Å². The number of piperazine rings is 1. The highest BCUT2D eigenvalue weighted by Gasteiger charge is 2.33. The predicted molar refractivity (Wildman–Crippen MR) is 193 cm³/mol. The molecule has 2 N–H and O–H groups in total. The summed E-state index contributed by atoms with van der Waals surface area (Å²) in [7, 11) is 5.41. The van der Waals surface area contributed by atoms with Gasteiger partial charge in [-0.2, -0.15) is 5.10 Å². The molecule has 4 aromatic rings. The van der Waals surface area contributed by atoms with Crippen molar-refractivity contribution in [2.75, 3.05) is 56.5 Å². The SMILES string of the molecule is CN1CC(Nc2cnn(C)c(=O)c2Br)CC(c2ccc(C(=O)N3CCN(c4cccc5c4n(C)c(=O)n5C4CCC(=O)NC4=O)CC3)cc2)C1. The third kappa shape index (κ3) is 6.23. The van der Waals surface area contributed by atoms with E-state index in [1.54, 1.807) is 24.9 Å². The Kier molecular flexibility index (Phi) is 9.11. The number of anilines is 2. The van der Waals surface area contributed by atoms with Crippen LogP contribution in [0.15, 0.2) is 62.7 Å². The molecule has 7 rings (SSSR count). The molecule has 3 fully saturated rings. The topological polar surface area (TPSA) is 147 Å². The summed E-state index contributed by atoms with van der Waals surface area (Å²) in [4.78, 5) is 70.0. The fourth-order valence-corrected chi connectivity index (χ4v) is 8.10. The molecule has 3 aliphatic heterocycles. The van der Waals surface area contributed by atoms with E-state index >= 15 is 0 Å². The largest absolute Gasteiger partial charge is 0.379 e. The fraction of sp³-hybridized carbons (Fsp3) is 0.429. The molecule has 0 spiro atoms. The first-order chi connectivity index (χ1) is 24.0. The van der Waals surface area contributed by atoms with Gasteiger partial charge in [0.1, 0.15) is 10.5 Å². The maximum Gasteiger partial charge on any atom is 0.329 e. The van der Waals surface area contributed by atoms with Gasteiger partial charge in [0.25, 0.3) is 11.5 Å². The summed E-state index contributed by atoms with van der Waals surface area (Å²) >= 11 is 3.41. The highest BCUT2D eigenvalue weighted by Crippen LogP contribution is 2.32. The Bertz CT molecular complexity index is 2100. The van der Waals surface area contributed by atoms with E-state index in [1.165, 1.54) is 9.25 Å². The van der Waals surface area contributed by atoms with Crippen molar-refractivity contribution in [3.63, 3.8) is 0 Å². The van der Waals surface area contributed by atoms with Crippen LogP contribution < -0.4 is 26.8 Å². The van der Waals surface area contributed by atoms with Crippen LogP contribution in [-0.4, -0.2) is 98.8 Å². The van der Waals surface area contributed by atoms with E-state index in [9.17, 15) is 24.0 Å². The number of amides is 3. The van der Waals surface area contributed by atoms with Crippen LogP contribution in [-0.2, 0) is 23.7 Å². The first-order valence-electron chi connectivity index (χ1n) is 16.8. The molecular formula is C35H40BrN9O5. The molecule has 50 heavy (non-hydrogen) atoms. The van der Waals surface area contributed by atoms with Gasteiger partial charge in [-0.15, -0.1) is 0 Å². The summed E-state index contributed by atoms with van der Waals surface area (Å²) in [6.45, 7) is 3.93. The Morgan fingerprint density at radius 3 is 2.42 bits per heavy atom. The first-order valence-corrected chi connectivity index (χ1v) is 17.6. The van der Waals surface area contributed by atoms with Crippen molar-refractivity contribution in [2.24, 2.45) is 14.1 Å². The number of likely N-dealkylation sites (N-methyl/N-ethyl adjacent to an activating group) is 1. The molecule has 3 aliphatic rings. The average Bonchev–Trinajstić information content (AvgIpc) is 3.37. The molecule has 0 aliphatic carbocycles. The monoisotopic (exact) mass is 745 g/mol. The number of nitrogens with zero attached hydrogens (tertiary/aromatic N) is 7. The van der Waals surface area contributed by atoms with Crippen LogP contribution in [0.25, 0.3) is 11.0 Å². The number of carbonyl (C=O) groups is 3. The van der Waals surface area contributed by atoms with Gasteiger partial charge >= 0.3 is 5.69 Å². The molecule has 3 amide bonds. The Balaban J connectivity index is 1.01. The first kappa shape index (κ1) is 33.7. The molecule has 262 valence electrons. The van der Waals surface area contributed by atoms with Crippen molar-refractivity contribution in [1.29, 1.82) is 0 Å².